The van der Waals surface area contributed by atoms with Gasteiger partial charge in [0.2, 0.25) is 5.91 Å². The number of esters is 1. The fourth-order valence-corrected chi connectivity index (χ4v) is 2.54. The van der Waals surface area contributed by atoms with E-state index in [-0.39, 0.29) is 24.6 Å². The zero-order chi connectivity index (χ0) is 18.2. The SMILES string of the molecule is COC(=O)CC(NC(=O)CCc1cccc(F)c1)c1ccc(Cl)cc1. The van der Waals surface area contributed by atoms with Crippen molar-refractivity contribution in [1.29, 1.82) is 0 Å². The van der Waals surface area contributed by atoms with Crippen LogP contribution in [0.2, 0.25) is 5.02 Å². The van der Waals surface area contributed by atoms with Crippen LogP contribution >= 0.6 is 11.6 Å². The van der Waals surface area contributed by atoms with Gasteiger partial charge < -0.3 is 10.1 Å². The molecule has 0 aliphatic heterocycles. The topological polar surface area (TPSA) is 55.4 Å². The first-order valence-electron chi connectivity index (χ1n) is 7.84. The Bertz CT molecular complexity index is 734. The van der Waals surface area contributed by atoms with E-state index in [2.05, 4.69) is 5.32 Å². The number of carbonyl (C=O) groups is 2. The van der Waals surface area contributed by atoms with Crippen LogP contribution in [0.5, 0.6) is 0 Å². The summed E-state index contributed by atoms with van der Waals surface area (Å²) in [5, 5.41) is 3.39. The minimum Gasteiger partial charge on any atom is -0.469 e. The highest BCUT2D eigenvalue weighted by Crippen LogP contribution is 2.20. The maximum atomic E-state index is 13.2. The third-order valence-electron chi connectivity index (χ3n) is 3.74. The zero-order valence-electron chi connectivity index (χ0n) is 13.8. The number of hydrogen-bond donors (Lipinski definition) is 1. The molecule has 0 aliphatic carbocycles. The summed E-state index contributed by atoms with van der Waals surface area (Å²) in [5.74, 6) is -0.985. The van der Waals surface area contributed by atoms with E-state index in [9.17, 15) is 14.0 Å². The van der Waals surface area contributed by atoms with Crippen molar-refractivity contribution in [2.45, 2.75) is 25.3 Å². The van der Waals surface area contributed by atoms with Crippen LogP contribution in [0.25, 0.3) is 0 Å². The lowest BCUT2D eigenvalue weighted by atomic mass is 10.0. The minimum atomic E-state index is -0.510. The van der Waals surface area contributed by atoms with Gasteiger partial charge in [0, 0.05) is 11.4 Å². The van der Waals surface area contributed by atoms with Crippen LogP contribution in [0.15, 0.2) is 48.5 Å². The van der Waals surface area contributed by atoms with E-state index in [0.29, 0.717) is 11.4 Å². The maximum absolute atomic E-state index is 13.2. The van der Waals surface area contributed by atoms with Crippen molar-refractivity contribution in [1.82, 2.24) is 5.32 Å². The molecule has 2 rings (SSSR count). The molecule has 0 fully saturated rings. The van der Waals surface area contributed by atoms with Crippen LogP contribution in [0.1, 0.15) is 30.0 Å². The molecule has 132 valence electrons. The van der Waals surface area contributed by atoms with E-state index >= 15 is 0 Å². The van der Waals surface area contributed by atoms with E-state index in [4.69, 9.17) is 16.3 Å². The monoisotopic (exact) mass is 363 g/mol. The number of rotatable bonds is 7. The summed E-state index contributed by atoms with van der Waals surface area (Å²) in [5.41, 5.74) is 1.50. The maximum Gasteiger partial charge on any atom is 0.307 e. The largest absolute Gasteiger partial charge is 0.469 e. The van der Waals surface area contributed by atoms with E-state index in [0.717, 1.165) is 11.1 Å². The summed E-state index contributed by atoms with van der Waals surface area (Å²) in [6, 6.07) is 12.5. The number of benzene rings is 2. The standard InChI is InChI=1S/C19H19ClFNO3/c1-25-19(24)12-17(14-6-8-15(20)9-7-14)22-18(23)10-5-13-3-2-4-16(21)11-13/h2-4,6-9,11,17H,5,10,12H2,1H3,(H,22,23). The molecule has 0 aromatic heterocycles. The fourth-order valence-electron chi connectivity index (χ4n) is 2.41. The van der Waals surface area contributed by atoms with E-state index in [1.54, 1.807) is 36.4 Å². The summed E-state index contributed by atoms with van der Waals surface area (Å²) < 4.78 is 17.9. The van der Waals surface area contributed by atoms with Crippen molar-refractivity contribution >= 4 is 23.5 Å². The molecule has 0 saturated carbocycles. The van der Waals surface area contributed by atoms with Gasteiger partial charge in [-0.1, -0.05) is 35.9 Å². The summed E-state index contributed by atoms with van der Waals surface area (Å²) in [7, 11) is 1.30. The van der Waals surface area contributed by atoms with Gasteiger partial charge >= 0.3 is 5.97 Å². The highest BCUT2D eigenvalue weighted by Gasteiger charge is 2.19. The quantitative estimate of drug-likeness (QED) is 0.760. The van der Waals surface area contributed by atoms with Gasteiger partial charge in [0.1, 0.15) is 5.82 Å². The number of amides is 1. The lowest BCUT2D eigenvalue weighted by Gasteiger charge is -2.18. The second kappa shape index (κ2) is 9.18. The normalized spacial score (nSPS) is 11.6. The van der Waals surface area contributed by atoms with Crippen molar-refractivity contribution in [2.24, 2.45) is 0 Å². The van der Waals surface area contributed by atoms with Crippen molar-refractivity contribution < 1.29 is 18.7 Å². The van der Waals surface area contributed by atoms with Crippen molar-refractivity contribution in [3.05, 3.63) is 70.5 Å². The van der Waals surface area contributed by atoms with Crippen molar-refractivity contribution in [2.75, 3.05) is 7.11 Å². The number of nitrogens with one attached hydrogen (secondary N) is 1. The van der Waals surface area contributed by atoms with Gasteiger partial charge in [0.15, 0.2) is 0 Å². The molecule has 0 heterocycles. The summed E-state index contributed by atoms with van der Waals surface area (Å²) in [6.45, 7) is 0. The summed E-state index contributed by atoms with van der Waals surface area (Å²) in [4.78, 5) is 23.9. The number of aryl methyl sites for hydroxylation is 1. The predicted molar refractivity (Wildman–Crippen MR) is 93.7 cm³/mol. The molecule has 4 nitrogen and oxygen atoms in total. The lowest BCUT2D eigenvalue weighted by molar-refractivity contribution is -0.141. The van der Waals surface area contributed by atoms with Crippen LogP contribution in [0.4, 0.5) is 4.39 Å². The Balaban J connectivity index is 2.00. The molecular weight excluding hydrogens is 345 g/mol. The molecule has 2 aromatic carbocycles. The summed E-state index contributed by atoms with van der Waals surface area (Å²) in [6.07, 6.45) is 0.619. The molecule has 0 saturated heterocycles. The zero-order valence-corrected chi connectivity index (χ0v) is 14.6. The Labute approximate surface area is 150 Å². The Kier molecular flexibility index (Phi) is 6.95. The molecule has 0 spiro atoms. The molecule has 1 unspecified atom stereocenters. The van der Waals surface area contributed by atoms with Crippen molar-refractivity contribution in [3.63, 3.8) is 0 Å². The van der Waals surface area contributed by atoms with Gasteiger partial charge in [0.25, 0.3) is 0 Å². The van der Waals surface area contributed by atoms with Crippen molar-refractivity contribution in [3.8, 4) is 0 Å². The first-order chi connectivity index (χ1) is 12.0. The highest BCUT2D eigenvalue weighted by atomic mass is 35.5. The van der Waals surface area contributed by atoms with Crippen LogP contribution in [0, 0.1) is 5.82 Å². The van der Waals surface area contributed by atoms with Gasteiger partial charge in [-0.05, 0) is 41.8 Å². The number of halogens is 2. The van der Waals surface area contributed by atoms with E-state index < -0.39 is 12.0 Å². The Hall–Kier alpha value is -2.40. The number of ether oxygens (including phenoxy) is 1. The van der Waals surface area contributed by atoms with Crippen LogP contribution < -0.4 is 5.32 Å². The molecule has 1 atom stereocenters. The third kappa shape index (κ3) is 6.19. The van der Waals surface area contributed by atoms with Crippen LogP contribution in [0.3, 0.4) is 0 Å². The second-order valence-electron chi connectivity index (χ2n) is 5.58. The Morgan fingerprint density at radius 3 is 2.56 bits per heavy atom. The highest BCUT2D eigenvalue weighted by molar-refractivity contribution is 6.30. The molecular formula is C19H19ClFNO3. The van der Waals surface area contributed by atoms with Gasteiger partial charge in [-0.25, -0.2) is 4.39 Å². The predicted octanol–water partition coefficient (Wildman–Crippen LogP) is 3.83. The Morgan fingerprint density at radius 2 is 1.92 bits per heavy atom. The number of hydrogen-bond acceptors (Lipinski definition) is 3. The summed E-state index contributed by atoms with van der Waals surface area (Å²) >= 11 is 5.88. The molecule has 0 bridgehead atoms. The molecule has 0 radical (unpaired) electrons. The fraction of sp³-hybridized carbons (Fsp3) is 0.263. The van der Waals surface area contributed by atoms with Gasteiger partial charge in [-0.2, -0.15) is 0 Å². The molecule has 0 aliphatic rings. The van der Waals surface area contributed by atoms with E-state index in [1.165, 1.54) is 19.2 Å². The lowest BCUT2D eigenvalue weighted by Crippen LogP contribution is -2.30. The average Bonchev–Trinajstić information content (AvgIpc) is 2.60. The Morgan fingerprint density at radius 1 is 1.20 bits per heavy atom. The van der Waals surface area contributed by atoms with Gasteiger partial charge in [-0.3, -0.25) is 9.59 Å². The van der Waals surface area contributed by atoms with Crippen LogP contribution in [-0.2, 0) is 20.7 Å². The van der Waals surface area contributed by atoms with Gasteiger partial charge in [0.05, 0.1) is 19.6 Å². The van der Waals surface area contributed by atoms with E-state index in [1.807, 2.05) is 0 Å². The average molecular weight is 364 g/mol. The smallest absolute Gasteiger partial charge is 0.307 e. The first-order valence-corrected chi connectivity index (χ1v) is 8.22. The molecule has 1 N–H and O–H groups in total. The van der Waals surface area contributed by atoms with Gasteiger partial charge in [-0.15, -0.1) is 0 Å². The minimum absolute atomic E-state index is 0.0177. The third-order valence-corrected chi connectivity index (χ3v) is 3.99. The number of methoxy groups -OCH3 is 1. The first kappa shape index (κ1) is 18.9. The second-order valence-corrected chi connectivity index (χ2v) is 6.02. The van der Waals surface area contributed by atoms with Crippen LogP contribution in [-0.4, -0.2) is 19.0 Å². The molecule has 6 heteroatoms. The molecule has 25 heavy (non-hydrogen) atoms. The molecule has 2 aromatic rings. The molecule has 1 amide bonds. The number of carbonyl (C=O) groups excluding carboxylic acids is 2.